The van der Waals surface area contributed by atoms with Gasteiger partial charge in [0.15, 0.2) is 0 Å². The van der Waals surface area contributed by atoms with Crippen molar-refractivity contribution in [1.82, 2.24) is 9.88 Å². The summed E-state index contributed by atoms with van der Waals surface area (Å²) in [5.41, 5.74) is 8.36. The molecule has 1 unspecified atom stereocenters. The molecule has 4 rings (SSSR count). The van der Waals surface area contributed by atoms with Crippen molar-refractivity contribution in [1.29, 1.82) is 0 Å². The number of nitrogens with two attached hydrogens (primary N) is 1. The van der Waals surface area contributed by atoms with Gasteiger partial charge in [0, 0.05) is 42.3 Å². The number of hydrogen-bond donors (Lipinski definition) is 3. The molecule has 0 bridgehead atoms. The summed E-state index contributed by atoms with van der Waals surface area (Å²) in [5, 5.41) is 4.19. The second-order valence-electron chi connectivity index (χ2n) is 8.16. The quantitative estimate of drug-likeness (QED) is 0.706. The number of carbonyl (C=O) groups excluding carboxylic acids is 2. The van der Waals surface area contributed by atoms with Crippen LogP contribution in [-0.2, 0) is 17.6 Å². The number of nitrogens with one attached hydrogen (secondary N) is 2. The van der Waals surface area contributed by atoms with E-state index in [2.05, 4.69) is 10.3 Å². The summed E-state index contributed by atoms with van der Waals surface area (Å²) in [4.78, 5) is 28.7. The van der Waals surface area contributed by atoms with Crippen LogP contribution < -0.4 is 11.1 Å². The van der Waals surface area contributed by atoms with Crippen LogP contribution in [0.5, 0.6) is 0 Å². The van der Waals surface area contributed by atoms with Crippen molar-refractivity contribution >= 4 is 28.4 Å². The van der Waals surface area contributed by atoms with Crippen LogP contribution in [0, 0.1) is 5.92 Å². The van der Waals surface area contributed by atoms with Gasteiger partial charge in [0.25, 0.3) is 5.91 Å². The summed E-state index contributed by atoms with van der Waals surface area (Å²) in [7, 11) is 0. The molecule has 1 aliphatic carbocycles. The number of anilines is 1. The fourth-order valence-corrected chi connectivity index (χ4v) is 4.69. The molecule has 1 aromatic carbocycles. The summed E-state index contributed by atoms with van der Waals surface area (Å²) in [6, 6.07) is 3.40. The van der Waals surface area contributed by atoms with E-state index in [0.29, 0.717) is 30.7 Å². The predicted molar refractivity (Wildman–Crippen MR) is 107 cm³/mol. The lowest BCUT2D eigenvalue weighted by atomic mass is 9.86. The number of amides is 2. The van der Waals surface area contributed by atoms with E-state index in [-0.39, 0.29) is 36.8 Å². The van der Waals surface area contributed by atoms with Gasteiger partial charge in [-0.05, 0) is 43.4 Å². The predicted octanol–water partition coefficient (Wildman–Crippen LogP) is 3.36. The maximum Gasteiger partial charge on any atom is 0.392 e. The summed E-state index contributed by atoms with van der Waals surface area (Å²) in [5.74, 6) is -1.92. The third kappa shape index (κ3) is 3.61. The number of rotatable bonds is 4. The van der Waals surface area contributed by atoms with E-state index < -0.39 is 18.0 Å². The molecule has 0 spiro atoms. The van der Waals surface area contributed by atoms with Gasteiger partial charge in [-0.15, -0.1) is 0 Å². The molecule has 1 aliphatic heterocycles. The topological polar surface area (TPSA) is 91.2 Å². The van der Waals surface area contributed by atoms with Crippen LogP contribution in [0.1, 0.15) is 47.8 Å². The minimum atomic E-state index is -4.25. The number of likely N-dealkylation sites (tertiary alicyclic amines) is 1. The molecule has 2 heterocycles. The van der Waals surface area contributed by atoms with Crippen LogP contribution in [0.4, 0.5) is 18.9 Å². The SMILES string of the molecule is CCC(=O)N1CC[C@H](Nc2ccc(C(N)=O)c3[nH]c4c(c23)CCC(C(F)(F)F)C4)C1. The lowest BCUT2D eigenvalue weighted by molar-refractivity contribution is -0.177. The molecule has 2 atom stereocenters. The highest BCUT2D eigenvalue weighted by Crippen LogP contribution is 2.42. The Hall–Kier alpha value is -2.71. The number of benzene rings is 1. The lowest BCUT2D eigenvalue weighted by Crippen LogP contribution is -2.31. The average molecular weight is 422 g/mol. The Morgan fingerprint density at radius 1 is 1.30 bits per heavy atom. The second-order valence-corrected chi connectivity index (χ2v) is 8.16. The maximum atomic E-state index is 13.2. The second kappa shape index (κ2) is 7.52. The summed E-state index contributed by atoms with van der Waals surface area (Å²) in [6.07, 6.45) is -2.84. The number of aryl methyl sites for hydroxylation is 1. The first-order valence-corrected chi connectivity index (χ1v) is 10.3. The number of aromatic amines is 1. The number of nitrogens with zero attached hydrogens (tertiary/aromatic N) is 1. The molecular formula is C21H25F3N4O2. The molecule has 4 N–H and O–H groups in total. The molecule has 1 aromatic heterocycles. The summed E-state index contributed by atoms with van der Waals surface area (Å²) >= 11 is 0. The van der Waals surface area contributed by atoms with Crippen molar-refractivity contribution in [3.63, 3.8) is 0 Å². The van der Waals surface area contributed by atoms with E-state index in [1.807, 2.05) is 11.8 Å². The number of H-pyrrole nitrogens is 1. The molecule has 2 amide bonds. The summed E-state index contributed by atoms with van der Waals surface area (Å²) in [6.45, 7) is 3.08. The number of carbonyl (C=O) groups is 2. The Labute approximate surface area is 172 Å². The van der Waals surface area contributed by atoms with Gasteiger partial charge in [-0.1, -0.05) is 6.92 Å². The lowest BCUT2D eigenvalue weighted by Gasteiger charge is -2.25. The van der Waals surface area contributed by atoms with Crippen molar-refractivity contribution in [2.45, 2.75) is 51.2 Å². The van der Waals surface area contributed by atoms with Crippen LogP contribution in [0.2, 0.25) is 0 Å². The Bertz CT molecular complexity index is 998. The van der Waals surface area contributed by atoms with Crippen molar-refractivity contribution in [2.24, 2.45) is 11.7 Å². The third-order valence-corrected chi connectivity index (χ3v) is 6.27. The molecule has 1 fully saturated rings. The van der Waals surface area contributed by atoms with E-state index >= 15 is 0 Å². The molecule has 0 radical (unpaired) electrons. The third-order valence-electron chi connectivity index (χ3n) is 6.27. The molecule has 9 heteroatoms. The minimum Gasteiger partial charge on any atom is -0.380 e. The highest BCUT2D eigenvalue weighted by Gasteiger charge is 2.42. The van der Waals surface area contributed by atoms with E-state index in [1.54, 1.807) is 12.1 Å². The van der Waals surface area contributed by atoms with Crippen LogP contribution >= 0.6 is 0 Å². The number of alkyl halides is 3. The van der Waals surface area contributed by atoms with Crippen molar-refractivity contribution in [2.75, 3.05) is 18.4 Å². The highest BCUT2D eigenvalue weighted by molar-refractivity contribution is 6.10. The molecule has 1 saturated heterocycles. The van der Waals surface area contributed by atoms with Gasteiger partial charge < -0.3 is 20.9 Å². The minimum absolute atomic E-state index is 0.0197. The Morgan fingerprint density at radius 3 is 2.73 bits per heavy atom. The van der Waals surface area contributed by atoms with Crippen LogP contribution in [0.3, 0.4) is 0 Å². The largest absolute Gasteiger partial charge is 0.392 e. The molecule has 0 saturated carbocycles. The van der Waals surface area contributed by atoms with Gasteiger partial charge in [0.2, 0.25) is 5.91 Å². The zero-order valence-electron chi connectivity index (χ0n) is 16.7. The van der Waals surface area contributed by atoms with Crippen molar-refractivity contribution < 1.29 is 22.8 Å². The molecule has 2 aliphatic rings. The Morgan fingerprint density at radius 2 is 2.07 bits per heavy atom. The number of primary amides is 1. The molecular weight excluding hydrogens is 397 g/mol. The molecule has 2 aromatic rings. The van der Waals surface area contributed by atoms with E-state index in [0.717, 1.165) is 23.1 Å². The van der Waals surface area contributed by atoms with Gasteiger partial charge in [-0.25, -0.2) is 0 Å². The van der Waals surface area contributed by atoms with Gasteiger partial charge in [-0.2, -0.15) is 13.2 Å². The maximum absolute atomic E-state index is 13.2. The van der Waals surface area contributed by atoms with E-state index in [1.165, 1.54) is 0 Å². The van der Waals surface area contributed by atoms with E-state index in [9.17, 15) is 22.8 Å². The fourth-order valence-electron chi connectivity index (χ4n) is 4.69. The fraction of sp³-hybridized carbons (Fsp3) is 0.524. The first kappa shape index (κ1) is 20.6. The zero-order chi connectivity index (χ0) is 21.6. The van der Waals surface area contributed by atoms with Crippen LogP contribution in [0.25, 0.3) is 10.9 Å². The van der Waals surface area contributed by atoms with Gasteiger partial charge in [-0.3, -0.25) is 9.59 Å². The number of halogens is 3. The Balaban J connectivity index is 1.70. The van der Waals surface area contributed by atoms with Gasteiger partial charge >= 0.3 is 6.18 Å². The van der Waals surface area contributed by atoms with Crippen molar-refractivity contribution in [3.8, 4) is 0 Å². The summed E-state index contributed by atoms with van der Waals surface area (Å²) < 4.78 is 39.7. The monoisotopic (exact) mass is 422 g/mol. The normalized spacial score (nSPS) is 21.7. The van der Waals surface area contributed by atoms with Crippen molar-refractivity contribution in [3.05, 3.63) is 29.0 Å². The molecule has 162 valence electrons. The average Bonchev–Trinajstić information content (AvgIpc) is 3.30. The first-order valence-electron chi connectivity index (χ1n) is 10.3. The molecule has 6 nitrogen and oxygen atoms in total. The number of fused-ring (bicyclic) bond motifs is 3. The smallest absolute Gasteiger partial charge is 0.380 e. The van der Waals surface area contributed by atoms with Gasteiger partial charge in [0.1, 0.15) is 0 Å². The zero-order valence-corrected chi connectivity index (χ0v) is 16.7. The number of hydrogen-bond acceptors (Lipinski definition) is 3. The van der Waals surface area contributed by atoms with Gasteiger partial charge in [0.05, 0.1) is 17.0 Å². The van der Waals surface area contributed by atoms with Crippen LogP contribution in [-0.4, -0.2) is 47.0 Å². The standard InChI is InChI=1S/C21H25F3N4O2/c1-2-17(29)28-8-7-12(10-28)26-15-6-5-14(20(25)30)19-18(15)13-4-3-11(21(22,23)24)9-16(13)27-19/h5-6,11-12,26-27H,2-4,7-10H2,1H3,(H2,25,30)/t11?,12-/m0/s1. The Kier molecular flexibility index (Phi) is 5.15. The first-order chi connectivity index (χ1) is 14.2. The van der Waals surface area contributed by atoms with Crippen LogP contribution in [0.15, 0.2) is 12.1 Å². The van der Waals surface area contributed by atoms with E-state index in [4.69, 9.17) is 5.73 Å². The molecule has 30 heavy (non-hydrogen) atoms. The highest BCUT2D eigenvalue weighted by atomic mass is 19.4. The number of aromatic nitrogens is 1.